The van der Waals surface area contributed by atoms with Gasteiger partial charge in [0.05, 0.1) is 23.9 Å². The Morgan fingerprint density at radius 3 is 2.67 bits per heavy atom. The van der Waals surface area contributed by atoms with E-state index in [0.717, 1.165) is 16.8 Å². The van der Waals surface area contributed by atoms with E-state index in [-0.39, 0.29) is 13.2 Å². The third-order valence-corrected chi connectivity index (χ3v) is 4.16. The Balaban J connectivity index is 2.27. The van der Waals surface area contributed by atoms with Crippen LogP contribution in [0.1, 0.15) is 16.8 Å². The predicted molar refractivity (Wildman–Crippen MR) is 83.9 cm³/mol. The molecule has 5 nitrogen and oxygen atoms in total. The fraction of sp³-hybridized carbons (Fsp3) is 0.357. The van der Waals surface area contributed by atoms with Crippen LogP contribution in [-0.2, 0) is 20.3 Å². The molecule has 1 aromatic heterocycles. The molecule has 0 aliphatic rings. The van der Waals surface area contributed by atoms with E-state index in [2.05, 4.69) is 21.0 Å². The van der Waals surface area contributed by atoms with Gasteiger partial charge in [-0.05, 0) is 40.5 Å². The van der Waals surface area contributed by atoms with Crippen molar-refractivity contribution >= 4 is 27.5 Å². The van der Waals surface area contributed by atoms with Crippen molar-refractivity contribution in [3.8, 4) is 11.5 Å². The molecule has 0 unspecified atom stereocenters. The Bertz CT molecular complexity index is 658. The maximum Gasteiger partial charge on any atom is 0.175 e. The average Bonchev–Trinajstić information content (AvgIpc) is 2.70. The highest BCUT2D eigenvalue weighted by molar-refractivity contribution is 9.10. The Kier molecular flexibility index (Phi) is 5.13. The molecule has 0 amide bonds. The third-order valence-electron chi connectivity index (χ3n) is 3.10. The van der Waals surface area contributed by atoms with Gasteiger partial charge in [-0.2, -0.15) is 5.10 Å². The first kappa shape index (κ1) is 16.1. The van der Waals surface area contributed by atoms with Crippen LogP contribution in [0.3, 0.4) is 0 Å². The number of rotatable bonds is 5. The van der Waals surface area contributed by atoms with Crippen molar-refractivity contribution in [1.29, 1.82) is 0 Å². The summed E-state index contributed by atoms with van der Waals surface area (Å²) in [6.07, 6.45) is 0. The van der Waals surface area contributed by atoms with Crippen LogP contribution in [0.25, 0.3) is 0 Å². The first-order chi connectivity index (χ1) is 9.97. The summed E-state index contributed by atoms with van der Waals surface area (Å²) in [5.41, 5.74) is 2.39. The minimum atomic E-state index is -0.0667. The van der Waals surface area contributed by atoms with Crippen LogP contribution in [0.4, 0.5) is 0 Å². The number of hydrogen-bond donors (Lipinski definition) is 1. The molecule has 0 saturated heterocycles. The second-order valence-electron chi connectivity index (χ2n) is 4.53. The molecule has 0 fully saturated rings. The largest absolute Gasteiger partial charge is 0.493 e. The number of aryl methyl sites for hydroxylation is 2. The van der Waals surface area contributed by atoms with Gasteiger partial charge in [-0.15, -0.1) is 0 Å². The number of ether oxygens (including phenoxy) is 2. The number of methoxy groups -OCH3 is 1. The van der Waals surface area contributed by atoms with Crippen LogP contribution < -0.4 is 9.47 Å². The average molecular weight is 376 g/mol. The summed E-state index contributed by atoms with van der Waals surface area (Å²) in [5, 5.41) is 14.0. The van der Waals surface area contributed by atoms with Crippen molar-refractivity contribution in [2.75, 3.05) is 7.11 Å². The molecule has 21 heavy (non-hydrogen) atoms. The zero-order valence-corrected chi connectivity index (χ0v) is 14.3. The van der Waals surface area contributed by atoms with E-state index in [1.165, 1.54) is 0 Å². The zero-order valence-electron chi connectivity index (χ0n) is 12.0. The van der Waals surface area contributed by atoms with Crippen LogP contribution in [0.5, 0.6) is 11.5 Å². The molecule has 0 bridgehead atoms. The maximum absolute atomic E-state index is 9.21. The van der Waals surface area contributed by atoms with E-state index in [1.807, 2.05) is 6.92 Å². The number of benzene rings is 1. The summed E-state index contributed by atoms with van der Waals surface area (Å²) in [5.74, 6) is 1.11. The highest BCUT2D eigenvalue weighted by Gasteiger charge is 2.16. The molecule has 0 aliphatic carbocycles. The molecule has 0 spiro atoms. The quantitative estimate of drug-likeness (QED) is 0.872. The molecule has 0 saturated carbocycles. The van der Waals surface area contributed by atoms with E-state index in [1.54, 1.807) is 31.0 Å². The lowest BCUT2D eigenvalue weighted by Crippen LogP contribution is -2.01. The van der Waals surface area contributed by atoms with Crippen molar-refractivity contribution in [3.63, 3.8) is 0 Å². The Hall–Kier alpha value is -1.24. The highest BCUT2D eigenvalue weighted by atomic mass is 79.9. The molecular formula is C14H16BrClN2O3. The summed E-state index contributed by atoms with van der Waals surface area (Å²) in [6.45, 7) is 2.10. The fourth-order valence-electron chi connectivity index (χ4n) is 1.99. The highest BCUT2D eigenvalue weighted by Crippen LogP contribution is 2.37. The summed E-state index contributed by atoms with van der Waals surface area (Å²) in [7, 11) is 3.34. The van der Waals surface area contributed by atoms with E-state index in [9.17, 15) is 5.11 Å². The van der Waals surface area contributed by atoms with Gasteiger partial charge in [-0.1, -0.05) is 11.6 Å². The molecule has 0 radical (unpaired) electrons. The van der Waals surface area contributed by atoms with Gasteiger partial charge in [0, 0.05) is 12.6 Å². The van der Waals surface area contributed by atoms with Gasteiger partial charge < -0.3 is 14.6 Å². The van der Waals surface area contributed by atoms with Gasteiger partial charge in [0.1, 0.15) is 11.8 Å². The molecule has 114 valence electrons. The summed E-state index contributed by atoms with van der Waals surface area (Å²) in [4.78, 5) is 0. The summed E-state index contributed by atoms with van der Waals surface area (Å²) < 4.78 is 13.5. The number of aromatic nitrogens is 2. The van der Waals surface area contributed by atoms with E-state index in [0.29, 0.717) is 21.1 Å². The van der Waals surface area contributed by atoms with Crippen molar-refractivity contribution in [1.82, 2.24) is 9.78 Å². The Morgan fingerprint density at radius 2 is 2.14 bits per heavy atom. The molecule has 1 heterocycles. The molecule has 7 heteroatoms. The van der Waals surface area contributed by atoms with Crippen LogP contribution in [0.2, 0.25) is 5.15 Å². The molecule has 2 aromatic rings. The van der Waals surface area contributed by atoms with Crippen LogP contribution in [0, 0.1) is 6.92 Å². The van der Waals surface area contributed by atoms with E-state index >= 15 is 0 Å². The lowest BCUT2D eigenvalue weighted by molar-refractivity contribution is 0.272. The summed E-state index contributed by atoms with van der Waals surface area (Å²) in [6, 6.07) is 3.52. The van der Waals surface area contributed by atoms with Gasteiger partial charge >= 0.3 is 0 Å². The monoisotopic (exact) mass is 374 g/mol. The smallest absolute Gasteiger partial charge is 0.175 e. The third kappa shape index (κ3) is 3.33. The normalized spacial score (nSPS) is 10.8. The minimum Gasteiger partial charge on any atom is -0.493 e. The molecule has 0 aliphatic heterocycles. The predicted octanol–water partition coefficient (Wildman–Crippen LogP) is 3.22. The SMILES string of the molecule is COc1cc(CO)cc(Br)c1OCc1c(C)nn(C)c1Cl. The Morgan fingerprint density at radius 1 is 1.43 bits per heavy atom. The number of halogens is 2. The van der Waals surface area contributed by atoms with Crippen molar-refractivity contribution < 1.29 is 14.6 Å². The minimum absolute atomic E-state index is 0.0667. The van der Waals surface area contributed by atoms with E-state index < -0.39 is 0 Å². The van der Waals surface area contributed by atoms with Crippen LogP contribution >= 0.6 is 27.5 Å². The van der Waals surface area contributed by atoms with Crippen LogP contribution in [0.15, 0.2) is 16.6 Å². The molecular weight excluding hydrogens is 360 g/mol. The number of aliphatic hydroxyl groups is 1. The van der Waals surface area contributed by atoms with Gasteiger partial charge in [-0.25, -0.2) is 0 Å². The van der Waals surface area contributed by atoms with Gasteiger partial charge in [0.15, 0.2) is 11.5 Å². The van der Waals surface area contributed by atoms with Gasteiger partial charge in [0.25, 0.3) is 0 Å². The molecule has 1 aromatic carbocycles. The standard InChI is InChI=1S/C14H16BrClN2O3/c1-8-10(14(16)18(2)17-8)7-21-13-11(15)4-9(6-19)5-12(13)20-3/h4-5,19H,6-7H2,1-3H3. The van der Waals surface area contributed by atoms with Crippen molar-refractivity contribution in [3.05, 3.63) is 38.6 Å². The lowest BCUT2D eigenvalue weighted by atomic mass is 10.2. The lowest BCUT2D eigenvalue weighted by Gasteiger charge is -2.14. The number of nitrogens with zero attached hydrogens (tertiary/aromatic N) is 2. The zero-order chi connectivity index (χ0) is 15.6. The first-order valence-corrected chi connectivity index (χ1v) is 7.43. The van der Waals surface area contributed by atoms with Crippen LogP contribution in [-0.4, -0.2) is 22.0 Å². The molecule has 2 rings (SSSR count). The number of hydrogen-bond acceptors (Lipinski definition) is 4. The Labute approximate surface area is 136 Å². The topological polar surface area (TPSA) is 56.5 Å². The molecule has 0 atom stereocenters. The van der Waals surface area contributed by atoms with Crippen molar-refractivity contribution in [2.45, 2.75) is 20.1 Å². The van der Waals surface area contributed by atoms with Gasteiger partial charge in [0.2, 0.25) is 0 Å². The molecule has 1 N–H and O–H groups in total. The van der Waals surface area contributed by atoms with Crippen molar-refractivity contribution in [2.24, 2.45) is 7.05 Å². The second-order valence-corrected chi connectivity index (χ2v) is 5.75. The van der Waals surface area contributed by atoms with E-state index in [4.69, 9.17) is 21.1 Å². The summed E-state index contributed by atoms with van der Waals surface area (Å²) >= 11 is 9.61. The second kappa shape index (κ2) is 6.68. The number of aliphatic hydroxyl groups excluding tert-OH is 1. The maximum atomic E-state index is 9.21. The first-order valence-electron chi connectivity index (χ1n) is 6.26. The van der Waals surface area contributed by atoms with Gasteiger partial charge in [-0.3, -0.25) is 4.68 Å². The fourth-order valence-corrected chi connectivity index (χ4v) is 2.82.